The molecule has 0 heterocycles. The summed E-state index contributed by atoms with van der Waals surface area (Å²) < 4.78 is 0. The molecule has 2 N–H and O–H groups in total. The van der Waals surface area contributed by atoms with Crippen LogP contribution in [0.25, 0.3) is 0 Å². The maximum atomic E-state index is 11.8. The van der Waals surface area contributed by atoms with E-state index in [-0.39, 0.29) is 6.04 Å². The molecule has 0 spiro atoms. The molecule has 0 saturated carbocycles. The highest BCUT2D eigenvalue weighted by atomic mass is 16.4. The SMILES string of the molecule is O=C(O)[C@@H](NC(c1ccccc1)c1ccccc1)c1ccccc1. The number of carboxylic acid groups (broad SMARTS) is 1. The molecule has 0 unspecified atom stereocenters. The van der Waals surface area contributed by atoms with E-state index in [9.17, 15) is 9.90 Å². The Morgan fingerprint density at radius 1 is 0.667 bits per heavy atom. The van der Waals surface area contributed by atoms with Gasteiger partial charge >= 0.3 is 5.97 Å². The van der Waals surface area contributed by atoms with Gasteiger partial charge in [0, 0.05) is 0 Å². The summed E-state index contributed by atoms with van der Waals surface area (Å²) in [5.74, 6) is -0.891. The number of nitrogens with one attached hydrogen (secondary N) is 1. The second-order valence-corrected chi connectivity index (χ2v) is 5.60. The van der Waals surface area contributed by atoms with Gasteiger partial charge in [-0.2, -0.15) is 0 Å². The predicted molar refractivity (Wildman–Crippen MR) is 94.7 cm³/mol. The van der Waals surface area contributed by atoms with Crippen LogP contribution in [0.2, 0.25) is 0 Å². The first-order valence-electron chi connectivity index (χ1n) is 7.89. The molecule has 0 aliphatic rings. The van der Waals surface area contributed by atoms with Gasteiger partial charge in [0.1, 0.15) is 6.04 Å². The van der Waals surface area contributed by atoms with Crippen molar-refractivity contribution >= 4 is 5.97 Å². The number of benzene rings is 3. The fraction of sp³-hybridized carbons (Fsp3) is 0.0952. The van der Waals surface area contributed by atoms with Crippen molar-refractivity contribution in [3.05, 3.63) is 108 Å². The Bertz CT molecular complexity index is 733. The van der Waals surface area contributed by atoms with Crippen molar-refractivity contribution in [2.45, 2.75) is 12.1 Å². The lowest BCUT2D eigenvalue weighted by molar-refractivity contribution is -0.139. The second kappa shape index (κ2) is 7.57. The van der Waals surface area contributed by atoms with E-state index in [1.54, 1.807) is 0 Å². The van der Waals surface area contributed by atoms with Gasteiger partial charge in [-0.05, 0) is 16.7 Å². The molecule has 0 amide bonds. The molecule has 3 rings (SSSR count). The maximum absolute atomic E-state index is 11.8. The maximum Gasteiger partial charge on any atom is 0.325 e. The van der Waals surface area contributed by atoms with E-state index in [0.717, 1.165) is 16.7 Å². The van der Waals surface area contributed by atoms with Gasteiger partial charge in [-0.25, -0.2) is 0 Å². The first-order valence-corrected chi connectivity index (χ1v) is 7.89. The van der Waals surface area contributed by atoms with E-state index >= 15 is 0 Å². The Kier molecular flexibility index (Phi) is 5.04. The summed E-state index contributed by atoms with van der Waals surface area (Å²) in [7, 11) is 0. The van der Waals surface area contributed by atoms with Gasteiger partial charge in [0.2, 0.25) is 0 Å². The number of carbonyl (C=O) groups is 1. The second-order valence-electron chi connectivity index (χ2n) is 5.60. The number of aliphatic carboxylic acids is 1. The first-order chi connectivity index (χ1) is 11.8. The monoisotopic (exact) mass is 317 g/mol. The molecule has 0 aliphatic heterocycles. The van der Waals surface area contributed by atoms with Crippen LogP contribution in [0, 0.1) is 0 Å². The quantitative estimate of drug-likeness (QED) is 0.716. The lowest BCUT2D eigenvalue weighted by Gasteiger charge is -2.24. The Hall–Kier alpha value is -2.91. The Balaban J connectivity index is 1.98. The van der Waals surface area contributed by atoms with Crippen molar-refractivity contribution in [3.8, 4) is 0 Å². The Morgan fingerprint density at radius 3 is 1.42 bits per heavy atom. The zero-order valence-electron chi connectivity index (χ0n) is 13.2. The van der Waals surface area contributed by atoms with Gasteiger partial charge in [-0.1, -0.05) is 91.0 Å². The van der Waals surface area contributed by atoms with Gasteiger partial charge in [-0.3, -0.25) is 10.1 Å². The van der Waals surface area contributed by atoms with Crippen molar-refractivity contribution in [1.82, 2.24) is 5.32 Å². The van der Waals surface area contributed by atoms with E-state index in [4.69, 9.17) is 0 Å². The molecule has 3 aromatic rings. The molecular formula is C21H19NO2. The molecule has 0 bridgehead atoms. The number of hydrogen-bond donors (Lipinski definition) is 2. The van der Waals surface area contributed by atoms with Crippen LogP contribution in [0.3, 0.4) is 0 Å². The molecule has 0 fully saturated rings. The molecule has 3 aromatic carbocycles. The van der Waals surface area contributed by atoms with Crippen LogP contribution < -0.4 is 5.32 Å². The highest BCUT2D eigenvalue weighted by Crippen LogP contribution is 2.26. The molecule has 0 saturated heterocycles. The summed E-state index contributed by atoms with van der Waals surface area (Å²) in [6.07, 6.45) is 0. The summed E-state index contributed by atoms with van der Waals surface area (Å²) in [6.45, 7) is 0. The van der Waals surface area contributed by atoms with E-state index in [1.807, 2.05) is 91.0 Å². The normalized spacial score (nSPS) is 12.0. The van der Waals surface area contributed by atoms with E-state index < -0.39 is 12.0 Å². The predicted octanol–water partition coefficient (Wildman–Crippen LogP) is 4.19. The van der Waals surface area contributed by atoms with Crippen LogP contribution in [0.4, 0.5) is 0 Å². The molecule has 24 heavy (non-hydrogen) atoms. The van der Waals surface area contributed by atoms with Gasteiger partial charge in [0.25, 0.3) is 0 Å². The van der Waals surface area contributed by atoms with Crippen LogP contribution in [0.5, 0.6) is 0 Å². The van der Waals surface area contributed by atoms with Crippen LogP contribution in [-0.4, -0.2) is 11.1 Å². The standard InChI is InChI=1S/C21H19NO2/c23-21(24)20(18-14-8-3-9-15-18)22-19(16-10-4-1-5-11-16)17-12-6-2-7-13-17/h1-15,19-20,22H,(H,23,24)/t20-/m0/s1. The molecule has 0 aliphatic carbocycles. The van der Waals surface area contributed by atoms with Crippen molar-refractivity contribution in [2.24, 2.45) is 0 Å². The number of carboxylic acids is 1. The van der Waals surface area contributed by atoms with Gasteiger partial charge < -0.3 is 5.11 Å². The minimum Gasteiger partial charge on any atom is -0.480 e. The van der Waals surface area contributed by atoms with Gasteiger partial charge in [-0.15, -0.1) is 0 Å². The molecule has 0 radical (unpaired) electrons. The molecule has 0 aromatic heterocycles. The zero-order valence-corrected chi connectivity index (χ0v) is 13.2. The van der Waals surface area contributed by atoms with Crippen molar-refractivity contribution in [1.29, 1.82) is 0 Å². The van der Waals surface area contributed by atoms with Crippen LogP contribution in [-0.2, 0) is 4.79 Å². The zero-order chi connectivity index (χ0) is 16.8. The van der Waals surface area contributed by atoms with Crippen LogP contribution >= 0.6 is 0 Å². The molecular weight excluding hydrogens is 298 g/mol. The summed E-state index contributed by atoms with van der Waals surface area (Å²) in [6, 6.07) is 28.1. The third-order valence-electron chi connectivity index (χ3n) is 3.98. The van der Waals surface area contributed by atoms with Gasteiger partial charge in [0.15, 0.2) is 0 Å². The van der Waals surface area contributed by atoms with Crippen molar-refractivity contribution in [2.75, 3.05) is 0 Å². The van der Waals surface area contributed by atoms with Crippen molar-refractivity contribution in [3.63, 3.8) is 0 Å². The summed E-state index contributed by atoms with van der Waals surface area (Å²) in [5, 5.41) is 13.0. The lowest BCUT2D eigenvalue weighted by atomic mass is 9.96. The molecule has 1 atom stereocenters. The summed E-state index contributed by atoms with van der Waals surface area (Å²) in [4.78, 5) is 11.8. The minimum atomic E-state index is -0.891. The number of hydrogen-bond acceptors (Lipinski definition) is 2. The minimum absolute atomic E-state index is 0.200. The Morgan fingerprint density at radius 2 is 1.04 bits per heavy atom. The van der Waals surface area contributed by atoms with Crippen LogP contribution in [0.15, 0.2) is 91.0 Å². The third kappa shape index (κ3) is 3.70. The summed E-state index contributed by atoms with van der Waals surface area (Å²) in [5.41, 5.74) is 2.80. The van der Waals surface area contributed by atoms with Crippen LogP contribution in [0.1, 0.15) is 28.8 Å². The van der Waals surface area contributed by atoms with E-state index in [0.29, 0.717) is 0 Å². The van der Waals surface area contributed by atoms with Crippen molar-refractivity contribution < 1.29 is 9.90 Å². The molecule has 3 nitrogen and oxygen atoms in total. The molecule has 120 valence electrons. The van der Waals surface area contributed by atoms with E-state index in [1.165, 1.54) is 0 Å². The average Bonchev–Trinajstić information content (AvgIpc) is 2.64. The third-order valence-corrected chi connectivity index (χ3v) is 3.98. The largest absolute Gasteiger partial charge is 0.480 e. The van der Waals surface area contributed by atoms with E-state index in [2.05, 4.69) is 5.32 Å². The fourth-order valence-electron chi connectivity index (χ4n) is 2.80. The fourth-order valence-corrected chi connectivity index (χ4v) is 2.80. The summed E-state index contributed by atoms with van der Waals surface area (Å²) >= 11 is 0. The molecule has 3 heteroatoms. The highest BCUT2D eigenvalue weighted by Gasteiger charge is 2.25. The highest BCUT2D eigenvalue weighted by molar-refractivity contribution is 5.75. The average molecular weight is 317 g/mol. The lowest BCUT2D eigenvalue weighted by Crippen LogP contribution is -2.32. The Labute approximate surface area is 141 Å². The number of rotatable bonds is 6. The first kappa shape index (κ1) is 16.0. The smallest absolute Gasteiger partial charge is 0.325 e. The van der Waals surface area contributed by atoms with Gasteiger partial charge in [0.05, 0.1) is 6.04 Å². The topological polar surface area (TPSA) is 49.3 Å².